The van der Waals surface area contributed by atoms with Gasteiger partial charge in [-0.2, -0.15) is 0 Å². The SMILES string of the molecule is CC(C)N(CCC(=O)O)C(=O)c1cc(O)ccc1Cl. The molecule has 1 aromatic carbocycles. The van der Waals surface area contributed by atoms with E-state index >= 15 is 0 Å². The monoisotopic (exact) mass is 285 g/mol. The molecule has 5 nitrogen and oxygen atoms in total. The molecule has 0 aliphatic carbocycles. The Morgan fingerprint density at radius 1 is 1.37 bits per heavy atom. The second kappa shape index (κ2) is 6.43. The molecule has 0 spiro atoms. The number of carbonyl (C=O) groups excluding carboxylic acids is 1. The Kier molecular flexibility index (Phi) is 5.18. The molecule has 2 N–H and O–H groups in total. The summed E-state index contributed by atoms with van der Waals surface area (Å²) in [4.78, 5) is 24.3. The highest BCUT2D eigenvalue weighted by molar-refractivity contribution is 6.33. The summed E-state index contributed by atoms with van der Waals surface area (Å²) in [5.41, 5.74) is 0.167. The number of benzene rings is 1. The first kappa shape index (κ1) is 15.3. The lowest BCUT2D eigenvalue weighted by Gasteiger charge is -2.26. The predicted molar refractivity (Wildman–Crippen MR) is 71.5 cm³/mol. The summed E-state index contributed by atoms with van der Waals surface area (Å²) in [6.45, 7) is 3.67. The van der Waals surface area contributed by atoms with Crippen LogP contribution in [0.5, 0.6) is 5.75 Å². The molecule has 0 fully saturated rings. The summed E-state index contributed by atoms with van der Waals surface area (Å²) < 4.78 is 0. The molecule has 0 aliphatic rings. The fourth-order valence-corrected chi connectivity index (χ4v) is 1.84. The molecule has 0 aliphatic heterocycles. The number of halogens is 1. The number of aromatic hydroxyl groups is 1. The van der Waals surface area contributed by atoms with Crippen molar-refractivity contribution in [3.63, 3.8) is 0 Å². The Balaban J connectivity index is 2.99. The van der Waals surface area contributed by atoms with Gasteiger partial charge in [-0.3, -0.25) is 9.59 Å². The number of carboxylic acid groups (broad SMARTS) is 1. The summed E-state index contributed by atoms with van der Waals surface area (Å²) >= 11 is 5.93. The van der Waals surface area contributed by atoms with E-state index in [2.05, 4.69) is 0 Å². The highest BCUT2D eigenvalue weighted by Gasteiger charge is 2.22. The predicted octanol–water partition coefficient (Wildman–Crippen LogP) is 2.37. The average Bonchev–Trinajstić information content (AvgIpc) is 2.31. The van der Waals surface area contributed by atoms with Crippen molar-refractivity contribution < 1.29 is 19.8 Å². The van der Waals surface area contributed by atoms with Crippen LogP contribution in [0.25, 0.3) is 0 Å². The van der Waals surface area contributed by atoms with Crippen LogP contribution in [0.3, 0.4) is 0 Å². The lowest BCUT2D eigenvalue weighted by atomic mass is 10.1. The molecule has 0 saturated heterocycles. The number of amides is 1. The number of nitrogens with zero attached hydrogens (tertiary/aromatic N) is 1. The van der Waals surface area contributed by atoms with Crippen molar-refractivity contribution in [2.45, 2.75) is 26.3 Å². The minimum absolute atomic E-state index is 0.0605. The zero-order valence-corrected chi connectivity index (χ0v) is 11.5. The maximum Gasteiger partial charge on any atom is 0.305 e. The van der Waals surface area contributed by atoms with Gasteiger partial charge in [-0.25, -0.2) is 0 Å². The number of carboxylic acids is 1. The summed E-state index contributed by atoms with van der Waals surface area (Å²) in [5, 5.41) is 18.3. The van der Waals surface area contributed by atoms with Crippen molar-refractivity contribution in [1.82, 2.24) is 4.90 Å². The van der Waals surface area contributed by atoms with Crippen LogP contribution in [-0.4, -0.2) is 39.6 Å². The Labute approximate surface area is 116 Å². The van der Waals surface area contributed by atoms with Crippen LogP contribution >= 0.6 is 11.6 Å². The van der Waals surface area contributed by atoms with Crippen LogP contribution in [0.1, 0.15) is 30.6 Å². The fourth-order valence-electron chi connectivity index (χ4n) is 1.64. The first-order valence-electron chi connectivity index (χ1n) is 5.84. The molecule has 0 aromatic heterocycles. The largest absolute Gasteiger partial charge is 0.508 e. The molecule has 6 heteroatoms. The zero-order valence-electron chi connectivity index (χ0n) is 10.8. The van der Waals surface area contributed by atoms with Crippen molar-refractivity contribution in [2.24, 2.45) is 0 Å². The summed E-state index contributed by atoms with van der Waals surface area (Å²) in [6, 6.07) is 3.93. The van der Waals surface area contributed by atoms with E-state index in [1.807, 2.05) is 0 Å². The molecule has 0 bridgehead atoms. The van der Waals surface area contributed by atoms with Crippen molar-refractivity contribution >= 4 is 23.5 Å². The van der Waals surface area contributed by atoms with Gasteiger partial charge in [0.2, 0.25) is 0 Å². The summed E-state index contributed by atoms with van der Waals surface area (Å²) in [7, 11) is 0. The molecule has 0 radical (unpaired) electrons. The topological polar surface area (TPSA) is 77.8 Å². The number of phenolic OH excluding ortho intramolecular Hbond substituents is 1. The molecule has 0 heterocycles. The van der Waals surface area contributed by atoms with Gasteiger partial charge in [0.15, 0.2) is 0 Å². The maximum absolute atomic E-state index is 12.3. The second-order valence-corrected chi connectivity index (χ2v) is 4.81. The lowest BCUT2D eigenvalue weighted by Crippen LogP contribution is -2.38. The number of aliphatic carboxylic acids is 1. The summed E-state index contributed by atoms with van der Waals surface area (Å²) in [6.07, 6.45) is -0.139. The van der Waals surface area contributed by atoms with Crippen molar-refractivity contribution in [3.8, 4) is 5.75 Å². The normalized spacial score (nSPS) is 10.5. The number of phenols is 1. The Bertz CT molecular complexity index is 488. The van der Waals surface area contributed by atoms with Crippen molar-refractivity contribution in [3.05, 3.63) is 28.8 Å². The van der Waals surface area contributed by atoms with E-state index in [0.717, 1.165) is 0 Å². The van der Waals surface area contributed by atoms with Crippen LogP contribution in [0.15, 0.2) is 18.2 Å². The molecule has 0 unspecified atom stereocenters. The van der Waals surface area contributed by atoms with Crippen LogP contribution in [0.4, 0.5) is 0 Å². The number of carbonyl (C=O) groups is 2. The number of rotatable bonds is 5. The third-order valence-corrected chi connectivity index (χ3v) is 2.96. The van der Waals surface area contributed by atoms with E-state index in [9.17, 15) is 14.7 Å². The van der Waals surface area contributed by atoms with Gasteiger partial charge in [0, 0.05) is 12.6 Å². The van der Waals surface area contributed by atoms with E-state index < -0.39 is 11.9 Å². The van der Waals surface area contributed by atoms with Gasteiger partial charge in [0.05, 0.1) is 17.0 Å². The number of hydrogen-bond donors (Lipinski definition) is 2. The van der Waals surface area contributed by atoms with E-state index in [0.29, 0.717) is 0 Å². The summed E-state index contributed by atoms with van der Waals surface area (Å²) in [5.74, 6) is -1.42. The Morgan fingerprint density at radius 3 is 2.53 bits per heavy atom. The number of hydrogen-bond acceptors (Lipinski definition) is 3. The van der Waals surface area contributed by atoms with Crippen LogP contribution in [-0.2, 0) is 4.79 Å². The van der Waals surface area contributed by atoms with Crippen LogP contribution in [0, 0.1) is 0 Å². The third-order valence-electron chi connectivity index (χ3n) is 2.63. The maximum atomic E-state index is 12.3. The second-order valence-electron chi connectivity index (χ2n) is 4.40. The minimum Gasteiger partial charge on any atom is -0.508 e. The van der Waals surface area contributed by atoms with Crippen LogP contribution in [0.2, 0.25) is 5.02 Å². The van der Waals surface area contributed by atoms with Gasteiger partial charge in [-0.1, -0.05) is 11.6 Å². The van der Waals surface area contributed by atoms with Crippen molar-refractivity contribution in [2.75, 3.05) is 6.54 Å². The molecule has 0 atom stereocenters. The first-order valence-corrected chi connectivity index (χ1v) is 6.22. The van der Waals surface area contributed by atoms with Gasteiger partial charge >= 0.3 is 5.97 Å². The minimum atomic E-state index is -0.972. The first-order chi connectivity index (χ1) is 8.82. The van der Waals surface area contributed by atoms with E-state index in [4.69, 9.17) is 16.7 Å². The smallest absolute Gasteiger partial charge is 0.305 e. The van der Waals surface area contributed by atoms with Crippen LogP contribution < -0.4 is 0 Å². The molecule has 1 aromatic rings. The highest BCUT2D eigenvalue weighted by Crippen LogP contribution is 2.23. The molecule has 1 amide bonds. The van der Waals surface area contributed by atoms with Gasteiger partial charge in [-0.05, 0) is 32.0 Å². The quantitative estimate of drug-likeness (QED) is 0.870. The average molecular weight is 286 g/mol. The van der Waals surface area contributed by atoms with E-state index in [1.165, 1.54) is 23.1 Å². The molecular formula is C13H16ClNO4. The molecular weight excluding hydrogens is 270 g/mol. The van der Waals surface area contributed by atoms with Gasteiger partial charge in [0.1, 0.15) is 5.75 Å². The Hall–Kier alpha value is -1.75. The van der Waals surface area contributed by atoms with Gasteiger partial charge < -0.3 is 15.1 Å². The fraction of sp³-hybridized carbons (Fsp3) is 0.385. The lowest BCUT2D eigenvalue weighted by molar-refractivity contribution is -0.137. The molecule has 1 rings (SSSR count). The van der Waals surface area contributed by atoms with E-state index in [-0.39, 0.29) is 35.3 Å². The third kappa shape index (κ3) is 4.13. The Morgan fingerprint density at radius 2 is 2.00 bits per heavy atom. The van der Waals surface area contributed by atoms with Crippen molar-refractivity contribution in [1.29, 1.82) is 0 Å². The molecule has 104 valence electrons. The van der Waals surface area contributed by atoms with E-state index in [1.54, 1.807) is 13.8 Å². The standard InChI is InChI=1S/C13H16ClNO4/c1-8(2)15(6-5-12(17)18)13(19)10-7-9(16)3-4-11(10)14/h3-4,7-8,16H,5-6H2,1-2H3,(H,17,18). The van der Waals surface area contributed by atoms with Gasteiger partial charge in [0.25, 0.3) is 5.91 Å². The highest BCUT2D eigenvalue weighted by atomic mass is 35.5. The molecule has 19 heavy (non-hydrogen) atoms. The zero-order chi connectivity index (χ0) is 14.6. The molecule has 0 saturated carbocycles. The van der Waals surface area contributed by atoms with Gasteiger partial charge in [-0.15, -0.1) is 0 Å².